The molecule has 2 aliphatic carbocycles. The molecule has 0 atom stereocenters. The van der Waals surface area contributed by atoms with Crippen LogP contribution in [0.4, 0.5) is 5.69 Å². The van der Waals surface area contributed by atoms with Crippen LogP contribution in [0, 0.1) is 11.3 Å². The van der Waals surface area contributed by atoms with E-state index < -0.39 is 0 Å². The molecule has 0 bridgehead atoms. The minimum absolute atomic E-state index is 0.358. The summed E-state index contributed by atoms with van der Waals surface area (Å²) < 4.78 is 0. The Morgan fingerprint density at radius 2 is 2.29 bits per heavy atom. The van der Waals surface area contributed by atoms with Crippen molar-refractivity contribution in [2.24, 2.45) is 17.1 Å². The van der Waals surface area contributed by atoms with Crippen LogP contribution in [0.2, 0.25) is 0 Å². The Hall–Kier alpha value is -1.16. The van der Waals surface area contributed by atoms with Crippen molar-refractivity contribution in [3.05, 3.63) is 24.0 Å². The third kappa shape index (κ3) is 2.27. The fourth-order valence-corrected chi connectivity index (χ4v) is 2.65. The summed E-state index contributed by atoms with van der Waals surface area (Å²) in [5.41, 5.74) is 7.95. The Kier molecular flexibility index (Phi) is 2.54. The molecule has 0 amide bonds. The number of nitrogens with one attached hydrogen (secondary N) is 1. The van der Waals surface area contributed by atoms with E-state index in [9.17, 15) is 0 Å². The average molecular weight is 247 g/mol. The highest BCUT2D eigenvalue weighted by molar-refractivity contribution is 7.80. The topological polar surface area (TPSA) is 50.9 Å². The lowest BCUT2D eigenvalue weighted by Crippen LogP contribution is -2.18. The predicted molar refractivity (Wildman–Crippen MR) is 73.0 cm³/mol. The van der Waals surface area contributed by atoms with Gasteiger partial charge in [0.1, 0.15) is 4.99 Å². The van der Waals surface area contributed by atoms with Crippen LogP contribution in [0.1, 0.15) is 31.4 Å². The Balaban J connectivity index is 1.64. The van der Waals surface area contributed by atoms with Crippen LogP contribution in [-0.2, 0) is 0 Å². The molecule has 3 rings (SSSR count). The van der Waals surface area contributed by atoms with Crippen molar-refractivity contribution in [1.29, 1.82) is 0 Å². The van der Waals surface area contributed by atoms with Crippen molar-refractivity contribution in [3.63, 3.8) is 0 Å². The van der Waals surface area contributed by atoms with E-state index in [0.717, 1.165) is 18.2 Å². The maximum absolute atomic E-state index is 5.58. The molecule has 2 aliphatic rings. The molecule has 90 valence electrons. The van der Waals surface area contributed by atoms with Crippen molar-refractivity contribution in [2.75, 3.05) is 11.9 Å². The van der Waals surface area contributed by atoms with Gasteiger partial charge in [-0.2, -0.15) is 0 Å². The van der Waals surface area contributed by atoms with Crippen molar-refractivity contribution in [1.82, 2.24) is 4.98 Å². The Labute approximate surface area is 107 Å². The van der Waals surface area contributed by atoms with E-state index in [4.69, 9.17) is 18.0 Å². The molecule has 17 heavy (non-hydrogen) atoms. The van der Waals surface area contributed by atoms with E-state index in [1.807, 2.05) is 12.1 Å². The summed E-state index contributed by atoms with van der Waals surface area (Å²) in [6, 6.07) is 3.91. The summed E-state index contributed by atoms with van der Waals surface area (Å²) in [6.45, 7) is 1.08. The van der Waals surface area contributed by atoms with Gasteiger partial charge >= 0.3 is 0 Å². The summed E-state index contributed by atoms with van der Waals surface area (Å²) in [6.07, 6.45) is 7.38. The zero-order valence-electron chi connectivity index (χ0n) is 9.78. The largest absolute Gasteiger partial charge is 0.388 e. The van der Waals surface area contributed by atoms with Crippen LogP contribution in [-0.4, -0.2) is 16.5 Å². The molecule has 0 unspecified atom stereocenters. The summed E-state index contributed by atoms with van der Waals surface area (Å²) in [5.74, 6) is 0.979. The van der Waals surface area contributed by atoms with Gasteiger partial charge in [0.25, 0.3) is 0 Å². The van der Waals surface area contributed by atoms with Crippen molar-refractivity contribution in [3.8, 4) is 0 Å². The zero-order valence-corrected chi connectivity index (χ0v) is 10.6. The van der Waals surface area contributed by atoms with Crippen LogP contribution in [0.5, 0.6) is 0 Å². The molecule has 3 N–H and O–H groups in total. The number of thiocarbonyl (C=S) groups is 1. The molecule has 0 spiro atoms. The minimum atomic E-state index is 0.358. The Morgan fingerprint density at radius 3 is 2.88 bits per heavy atom. The van der Waals surface area contributed by atoms with Gasteiger partial charge in [0.05, 0.1) is 5.69 Å². The average Bonchev–Trinajstić information content (AvgIpc) is 3.17. The normalized spacial score (nSPS) is 20.9. The smallest absolute Gasteiger partial charge is 0.122 e. The molecular formula is C13H17N3S. The number of nitrogens with zero attached hydrogens (tertiary/aromatic N) is 1. The van der Waals surface area contributed by atoms with Crippen LogP contribution >= 0.6 is 12.2 Å². The van der Waals surface area contributed by atoms with Crippen LogP contribution in [0.15, 0.2) is 18.3 Å². The number of pyridine rings is 1. The van der Waals surface area contributed by atoms with Gasteiger partial charge in [-0.15, -0.1) is 0 Å². The number of anilines is 1. The fraction of sp³-hybridized carbons (Fsp3) is 0.538. The van der Waals surface area contributed by atoms with Crippen molar-refractivity contribution in [2.45, 2.75) is 25.7 Å². The number of nitrogens with two attached hydrogens (primary N) is 1. The van der Waals surface area contributed by atoms with Gasteiger partial charge in [-0.3, -0.25) is 4.98 Å². The molecule has 1 aromatic rings. The van der Waals surface area contributed by atoms with Gasteiger partial charge in [-0.05, 0) is 49.1 Å². The highest BCUT2D eigenvalue weighted by Gasteiger charge is 2.53. The van der Waals surface area contributed by atoms with Crippen molar-refractivity contribution < 1.29 is 0 Å². The lowest BCUT2D eigenvalue weighted by Gasteiger charge is -2.16. The first-order valence-corrected chi connectivity index (χ1v) is 6.60. The van der Waals surface area contributed by atoms with Gasteiger partial charge in [-0.1, -0.05) is 12.2 Å². The SMILES string of the molecule is NC(=S)c1cc(NCC2(C3CC3)CC2)ccn1. The quantitative estimate of drug-likeness (QED) is 0.784. The van der Waals surface area contributed by atoms with E-state index >= 15 is 0 Å². The minimum Gasteiger partial charge on any atom is -0.388 e. The molecule has 2 saturated carbocycles. The fourth-order valence-electron chi connectivity index (χ4n) is 2.54. The zero-order chi connectivity index (χ0) is 11.9. The second kappa shape index (κ2) is 3.95. The first-order valence-electron chi connectivity index (χ1n) is 6.19. The molecule has 3 nitrogen and oxygen atoms in total. The lowest BCUT2D eigenvalue weighted by atomic mass is 10.0. The second-order valence-electron chi connectivity index (χ2n) is 5.28. The van der Waals surface area contributed by atoms with Crippen molar-refractivity contribution >= 4 is 22.9 Å². The van der Waals surface area contributed by atoms with E-state index in [0.29, 0.717) is 16.1 Å². The Morgan fingerprint density at radius 1 is 1.53 bits per heavy atom. The second-order valence-corrected chi connectivity index (χ2v) is 5.72. The lowest BCUT2D eigenvalue weighted by molar-refractivity contribution is 0.467. The molecular weight excluding hydrogens is 230 g/mol. The molecule has 2 fully saturated rings. The Bertz CT molecular complexity index is 450. The first kappa shape index (κ1) is 11.0. The third-order valence-corrected chi connectivity index (χ3v) is 4.20. The van der Waals surface area contributed by atoms with Crippen LogP contribution in [0.3, 0.4) is 0 Å². The number of aromatic nitrogens is 1. The molecule has 1 aromatic heterocycles. The van der Waals surface area contributed by atoms with E-state index in [1.165, 1.54) is 25.7 Å². The highest BCUT2D eigenvalue weighted by Crippen LogP contribution is 2.61. The molecule has 1 heterocycles. The maximum Gasteiger partial charge on any atom is 0.122 e. The number of hydrogen-bond acceptors (Lipinski definition) is 3. The van der Waals surface area contributed by atoms with Crippen LogP contribution < -0.4 is 11.1 Å². The molecule has 0 aliphatic heterocycles. The maximum atomic E-state index is 5.58. The van der Waals surface area contributed by atoms with Gasteiger partial charge in [-0.25, -0.2) is 0 Å². The van der Waals surface area contributed by atoms with Gasteiger partial charge in [0, 0.05) is 18.4 Å². The molecule has 0 radical (unpaired) electrons. The standard InChI is InChI=1S/C13H17N3S/c14-12(17)11-7-10(3-6-15-11)16-8-13(4-5-13)9-1-2-9/h3,6-7,9H,1-2,4-5,8H2,(H2,14,17)(H,15,16). The summed E-state index contributed by atoms with van der Waals surface area (Å²) >= 11 is 4.93. The monoisotopic (exact) mass is 247 g/mol. The van der Waals surface area contributed by atoms with E-state index in [-0.39, 0.29) is 0 Å². The van der Waals surface area contributed by atoms with Gasteiger partial charge in [0.2, 0.25) is 0 Å². The highest BCUT2D eigenvalue weighted by atomic mass is 32.1. The van der Waals surface area contributed by atoms with Gasteiger partial charge < -0.3 is 11.1 Å². The summed E-state index contributed by atoms with van der Waals surface area (Å²) in [7, 11) is 0. The van der Waals surface area contributed by atoms with E-state index in [2.05, 4.69) is 10.3 Å². The predicted octanol–water partition coefficient (Wildman–Crippen LogP) is 2.32. The van der Waals surface area contributed by atoms with Crippen LogP contribution in [0.25, 0.3) is 0 Å². The number of hydrogen-bond donors (Lipinski definition) is 2. The third-order valence-electron chi connectivity index (χ3n) is 3.99. The summed E-state index contributed by atoms with van der Waals surface area (Å²) in [5, 5.41) is 3.51. The first-order chi connectivity index (χ1) is 8.20. The van der Waals surface area contributed by atoms with E-state index in [1.54, 1.807) is 6.20 Å². The molecule has 0 aromatic carbocycles. The number of rotatable bonds is 5. The molecule has 0 saturated heterocycles. The van der Waals surface area contributed by atoms with Gasteiger partial charge in [0.15, 0.2) is 0 Å². The molecule has 4 heteroatoms. The summed E-state index contributed by atoms with van der Waals surface area (Å²) in [4.78, 5) is 4.50.